The van der Waals surface area contributed by atoms with Crippen molar-refractivity contribution in [3.63, 3.8) is 0 Å². The maximum Gasteiger partial charge on any atom is 0.276 e. The number of anilines is 1. The number of pyridine rings is 1. The molecular weight excluding hydrogens is 404 g/mol. The maximum atomic E-state index is 13.4. The van der Waals surface area contributed by atoms with E-state index < -0.39 is 0 Å². The summed E-state index contributed by atoms with van der Waals surface area (Å²) >= 11 is 0. The minimum absolute atomic E-state index is 0.103. The summed E-state index contributed by atoms with van der Waals surface area (Å²) in [5, 5.41) is 11.5. The summed E-state index contributed by atoms with van der Waals surface area (Å²) in [5.41, 5.74) is 3.24. The molecule has 0 radical (unpaired) electrons. The molecule has 1 saturated heterocycles. The van der Waals surface area contributed by atoms with Crippen molar-refractivity contribution in [3.05, 3.63) is 65.6 Å². The van der Waals surface area contributed by atoms with Gasteiger partial charge in [0.25, 0.3) is 5.91 Å². The van der Waals surface area contributed by atoms with Gasteiger partial charge in [0.15, 0.2) is 5.69 Å². The van der Waals surface area contributed by atoms with Crippen LogP contribution in [0.1, 0.15) is 53.3 Å². The van der Waals surface area contributed by atoms with Crippen LogP contribution in [0.2, 0.25) is 0 Å². The second-order valence-corrected chi connectivity index (χ2v) is 8.65. The van der Waals surface area contributed by atoms with Crippen molar-refractivity contribution in [3.8, 4) is 5.69 Å². The fourth-order valence-electron chi connectivity index (χ4n) is 4.22. The average Bonchev–Trinajstić information content (AvgIpc) is 3.58. The van der Waals surface area contributed by atoms with Crippen LogP contribution >= 0.6 is 0 Å². The zero-order valence-electron chi connectivity index (χ0n) is 18.1. The molecule has 1 aliphatic carbocycles. The maximum absolute atomic E-state index is 13.4. The van der Waals surface area contributed by atoms with Crippen LogP contribution in [-0.4, -0.2) is 49.8 Å². The molecule has 0 spiro atoms. The van der Waals surface area contributed by atoms with E-state index in [1.165, 1.54) is 0 Å². The molecule has 2 fully saturated rings. The van der Waals surface area contributed by atoms with E-state index >= 15 is 0 Å². The number of hydrogen-bond acceptors (Lipinski definition) is 5. The van der Waals surface area contributed by atoms with Gasteiger partial charge in [-0.05, 0) is 56.4 Å². The first-order chi connectivity index (χ1) is 15.6. The Kier molecular flexibility index (Phi) is 5.43. The number of likely N-dealkylation sites (tertiary alicyclic amines) is 1. The van der Waals surface area contributed by atoms with E-state index in [9.17, 15) is 9.59 Å². The van der Waals surface area contributed by atoms with Gasteiger partial charge >= 0.3 is 0 Å². The summed E-state index contributed by atoms with van der Waals surface area (Å²) in [6.07, 6.45) is 5.32. The standard InChI is InChI=1S/C24H26N6O2/c1-16-9-12-20(25-14-16)26-23(31)18-6-5-13-29(15-18)24(32)21-22(17-10-11-17)30(28-27-21)19-7-3-2-4-8-19/h2-4,7-9,12,14,17-18H,5-6,10-11,13,15H2,1H3,(H,25,26,31). The molecule has 1 N–H and O–H groups in total. The van der Waals surface area contributed by atoms with E-state index in [0.717, 1.165) is 42.6 Å². The van der Waals surface area contributed by atoms with Crippen LogP contribution in [0.3, 0.4) is 0 Å². The molecule has 1 atom stereocenters. The smallest absolute Gasteiger partial charge is 0.276 e. The quantitative estimate of drug-likeness (QED) is 0.670. The Morgan fingerprint density at radius 3 is 2.59 bits per heavy atom. The molecule has 1 aromatic carbocycles. The van der Waals surface area contributed by atoms with Gasteiger partial charge in [-0.25, -0.2) is 9.67 Å². The second kappa shape index (κ2) is 8.53. The van der Waals surface area contributed by atoms with Crippen molar-refractivity contribution in [2.24, 2.45) is 5.92 Å². The van der Waals surface area contributed by atoms with Crippen LogP contribution < -0.4 is 5.32 Å². The van der Waals surface area contributed by atoms with Gasteiger partial charge in [0.2, 0.25) is 5.91 Å². The predicted octanol–water partition coefficient (Wildman–Crippen LogP) is 3.34. The van der Waals surface area contributed by atoms with Crippen molar-refractivity contribution in [1.82, 2.24) is 24.9 Å². The lowest BCUT2D eigenvalue weighted by Crippen LogP contribution is -2.44. The fourth-order valence-corrected chi connectivity index (χ4v) is 4.22. The molecule has 8 heteroatoms. The van der Waals surface area contributed by atoms with Gasteiger partial charge < -0.3 is 10.2 Å². The van der Waals surface area contributed by atoms with E-state index in [1.807, 2.05) is 43.3 Å². The van der Waals surface area contributed by atoms with Gasteiger partial charge in [-0.3, -0.25) is 9.59 Å². The highest BCUT2D eigenvalue weighted by Gasteiger charge is 2.37. The SMILES string of the molecule is Cc1ccc(NC(=O)C2CCCN(C(=O)c3nnn(-c4ccccc4)c3C3CC3)C2)nc1. The molecule has 2 aromatic heterocycles. The highest BCUT2D eigenvalue weighted by molar-refractivity contribution is 5.95. The summed E-state index contributed by atoms with van der Waals surface area (Å²) in [5.74, 6) is 0.324. The molecule has 1 unspecified atom stereocenters. The molecule has 1 aliphatic heterocycles. The number of aryl methyl sites for hydroxylation is 1. The van der Waals surface area contributed by atoms with Crippen molar-refractivity contribution in [2.45, 2.75) is 38.5 Å². The van der Waals surface area contributed by atoms with Crippen LogP contribution in [0.5, 0.6) is 0 Å². The number of rotatable bonds is 5. The number of carbonyl (C=O) groups excluding carboxylic acids is 2. The Balaban J connectivity index is 1.33. The molecule has 5 rings (SSSR count). The van der Waals surface area contributed by atoms with E-state index in [1.54, 1.807) is 21.8 Å². The number of nitrogens with one attached hydrogen (secondary N) is 1. The van der Waals surface area contributed by atoms with E-state index in [-0.39, 0.29) is 17.7 Å². The largest absolute Gasteiger partial charge is 0.336 e. The van der Waals surface area contributed by atoms with Gasteiger partial charge in [-0.15, -0.1) is 5.10 Å². The van der Waals surface area contributed by atoms with Crippen LogP contribution in [0.15, 0.2) is 48.7 Å². The lowest BCUT2D eigenvalue weighted by molar-refractivity contribution is -0.121. The Hall–Kier alpha value is -3.55. The number of nitrogens with zero attached hydrogens (tertiary/aromatic N) is 5. The van der Waals surface area contributed by atoms with Crippen molar-refractivity contribution < 1.29 is 9.59 Å². The Morgan fingerprint density at radius 1 is 1.06 bits per heavy atom. The summed E-state index contributed by atoms with van der Waals surface area (Å²) < 4.78 is 1.79. The topological polar surface area (TPSA) is 93.0 Å². The Bertz CT molecular complexity index is 1120. The normalized spacial score (nSPS) is 18.4. The van der Waals surface area contributed by atoms with Crippen molar-refractivity contribution in [1.29, 1.82) is 0 Å². The zero-order chi connectivity index (χ0) is 22.1. The third-order valence-electron chi connectivity index (χ3n) is 6.11. The van der Waals surface area contributed by atoms with Crippen LogP contribution in [0.4, 0.5) is 5.82 Å². The highest BCUT2D eigenvalue weighted by atomic mass is 16.2. The predicted molar refractivity (Wildman–Crippen MR) is 120 cm³/mol. The molecule has 3 aromatic rings. The van der Waals surface area contributed by atoms with E-state index in [2.05, 4.69) is 20.6 Å². The monoisotopic (exact) mass is 430 g/mol. The number of carbonyl (C=O) groups is 2. The number of aromatic nitrogens is 4. The molecule has 164 valence electrons. The third kappa shape index (κ3) is 4.12. The number of piperidine rings is 1. The second-order valence-electron chi connectivity index (χ2n) is 8.65. The van der Waals surface area contributed by atoms with Crippen LogP contribution in [0.25, 0.3) is 5.69 Å². The molecular formula is C24H26N6O2. The third-order valence-corrected chi connectivity index (χ3v) is 6.11. The number of para-hydroxylation sites is 1. The van der Waals surface area contributed by atoms with Gasteiger partial charge in [0, 0.05) is 25.2 Å². The van der Waals surface area contributed by atoms with Crippen molar-refractivity contribution >= 4 is 17.6 Å². The molecule has 8 nitrogen and oxygen atoms in total. The number of benzene rings is 1. The van der Waals surface area contributed by atoms with E-state index in [0.29, 0.717) is 30.5 Å². The molecule has 32 heavy (non-hydrogen) atoms. The average molecular weight is 431 g/mol. The first kappa shape index (κ1) is 20.4. The minimum atomic E-state index is -0.274. The lowest BCUT2D eigenvalue weighted by Gasteiger charge is -2.31. The Labute approximate surface area is 186 Å². The summed E-state index contributed by atoms with van der Waals surface area (Å²) in [6, 6.07) is 13.5. The molecule has 2 aliphatic rings. The fraction of sp³-hybridized carbons (Fsp3) is 0.375. The highest BCUT2D eigenvalue weighted by Crippen LogP contribution is 2.42. The first-order valence-electron chi connectivity index (χ1n) is 11.1. The Morgan fingerprint density at radius 2 is 1.88 bits per heavy atom. The molecule has 3 heterocycles. The first-order valence-corrected chi connectivity index (χ1v) is 11.1. The zero-order valence-corrected chi connectivity index (χ0v) is 18.1. The van der Waals surface area contributed by atoms with Gasteiger partial charge in [-0.1, -0.05) is 29.5 Å². The minimum Gasteiger partial charge on any atom is -0.336 e. The van der Waals surface area contributed by atoms with Crippen molar-refractivity contribution in [2.75, 3.05) is 18.4 Å². The van der Waals surface area contributed by atoms with Crippen LogP contribution in [-0.2, 0) is 4.79 Å². The van der Waals surface area contributed by atoms with E-state index in [4.69, 9.17) is 0 Å². The van der Waals surface area contributed by atoms with Gasteiger partial charge in [0.1, 0.15) is 5.82 Å². The number of hydrogen-bond donors (Lipinski definition) is 1. The van der Waals surface area contributed by atoms with Gasteiger partial charge in [-0.2, -0.15) is 0 Å². The summed E-state index contributed by atoms with van der Waals surface area (Å²) in [6.45, 7) is 2.94. The molecule has 0 bridgehead atoms. The van der Waals surface area contributed by atoms with Gasteiger partial charge in [0.05, 0.1) is 17.3 Å². The summed E-state index contributed by atoms with van der Waals surface area (Å²) in [4.78, 5) is 32.2. The number of amides is 2. The lowest BCUT2D eigenvalue weighted by atomic mass is 9.96. The molecule has 1 saturated carbocycles. The van der Waals surface area contributed by atoms with Crippen LogP contribution in [0, 0.1) is 12.8 Å². The summed E-state index contributed by atoms with van der Waals surface area (Å²) in [7, 11) is 0. The molecule has 2 amide bonds.